The number of carbonyl (C=O) groups is 1. The molecule has 1 aromatic carbocycles. The highest BCUT2D eigenvalue weighted by Gasteiger charge is 2.10. The number of halogens is 1. The zero-order chi connectivity index (χ0) is 10.1. The van der Waals surface area contributed by atoms with Gasteiger partial charge >= 0.3 is 5.97 Å². The number of nitrogens with zero attached hydrogens (tertiary/aromatic N) is 1. The Kier molecular flexibility index (Phi) is 2.37. The lowest BCUT2D eigenvalue weighted by atomic mass is 10.2. The Labute approximate surface area is 93.9 Å². The van der Waals surface area contributed by atoms with Crippen molar-refractivity contribution in [2.75, 3.05) is 0 Å². The minimum Gasteiger partial charge on any atom is -0.478 e. The van der Waals surface area contributed by atoms with Crippen LogP contribution in [0.5, 0.6) is 0 Å². The highest BCUT2D eigenvalue weighted by molar-refractivity contribution is 14.1. The fourth-order valence-corrected chi connectivity index (χ4v) is 1.89. The van der Waals surface area contributed by atoms with Crippen LogP contribution in [-0.4, -0.2) is 16.1 Å². The SMILES string of the molecule is O=C(O)c1cc2ccccc2nc1I. The van der Waals surface area contributed by atoms with E-state index in [4.69, 9.17) is 5.11 Å². The Bertz CT molecular complexity index is 510. The second kappa shape index (κ2) is 3.53. The largest absolute Gasteiger partial charge is 0.478 e. The van der Waals surface area contributed by atoms with Gasteiger partial charge in [-0.2, -0.15) is 0 Å². The molecule has 2 rings (SSSR count). The number of benzene rings is 1. The average Bonchev–Trinajstić information content (AvgIpc) is 2.16. The standard InChI is InChI=1S/C10H6INO2/c11-9-7(10(13)14)5-6-3-1-2-4-8(6)12-9/h1-5H,(H,13,14). The molecule has 2 aromatic rings. The molecule has 0 bridgehead atoms. The van der Waals surface area contributed by atoms with Gasteiger partial charge in [0.25, 0.3) is 0 Å². The Balaban J connectivity index is 2.77. The first-order valence-corrected chi connectivity index (χ1v) is 5.05. The summed E-state index contributed by atoms with van der Waals surface area (Å²) in [6.07, 6.45) is 0. The molecule has 0 amide bonds. The van der Waals surface area contributed by atoms with Gasteiger partial charge in [0.2, 0.25) is 0 Å². The smallest absolute Gasteiger partial charge is 0.338 e. The first-order valence-electron chi connectivity index (χ1n) is 3.97. The van der Waals surface area contributed by atoms with Gasteiger partial charge < -0.3 is 5.11 Å². The monoisotopic (exact) mass is 299 g/mol. The van der Waals surface area contributed by atoms with Crippen LogP contribution in [0.2, 0.25) is 0 Å². The van der Waals surface area contributed by atoms with Crippen LogP contribution in [0.25, 0.3) is 10.9 Å². The van der Waals surface area contributed by atoms with Gasteiger partial charge in [-0.25, -0.2) is 9.78 Å². The summed E-state index contributed by atoms with van der Waals surface area (Å²) in [6.45, 7) is 0. The van der Waals surface area contributed by atoms with Crippen molar-refractivity contribution in [3.05, 3.63) is 39.6 Å². The summed E-state index contributed by atoms with van der Waals surface area (Å²) in [6, 6.07) is 9.11. The number of hydrogen-bond donors (Lipinski definition) is 1. The first kappa shape index (κ1) is 9.39. The van der Waals surface area contributed by atoms with E-state index in [1.54, 1.807) is 6.07 Å². The van der Waals surface area contributed by atoms with Gasteiger partial charge in [-0.15, -0.1) is 0 Å². The van der Waals surface area contributed by atoms with Gasteiger partial charge in [-0.05, 0) is 34.7 Å². The van der Waals surface area contributed by atoms with Crippen LogP contribution in [0, 0.1) is 3.70 Å². The molecule has 0 aliphatic rings. The van der Waals surface area contributed by atoms with Crippen molar-refractivity contribution in [3.63, 3.8) is 0 Å². The van der Waals surface area contributed by atoms with Crippen molar-refractivity contribution in [1.29, 1.82) is 0 Å². The first-order chi connectivity index (χ1) is 6.68. The van der Waals surface area contributed by atoms with Crippen molar-refractivity contribution in [2.24, 2.45) is 0 Å². The Morgan fingerprint density at radius 3 is 2.79 bits per heavy atom. The van der Waals surface area contributed by atoms with E-state index in [2.05, 4.69) is 4.98 Å². The number of fused-ring (bicyclic) bond motifs is 1. The molecule has 0 saturated heterocycles. The predicted molar refractivity (Wildman–Crippen MR) is 61.4 cm³/mol. The van der Waals surface area contributed by atoms with Crippen LogP contribution < -0.4 is 0 Å². The van der Waals surface area contributed by atoms with Gasteiger partial charge in [-0.1, -0.05) is 18.2 Å². The predicted octanol–water partition coefficient (Wildman–Crippen LogP) is 2.54. The van der Waals surface area contributed by atoms with E-state index in [9.17, 15) is 4.79 Å². The van der Waals surface area contributed by atoms with Crippen molar-refractivity contribution >= 4 is 39.5 Å². The number of rotatable bonds is 1. The molecule has 0 unspecified atom stereocenters. The van der Waals surface area contributed by atoms with Crippen molar-refractivity contribution in [3.8, 4) is 0 Å². The molecular weight excluding hydrogens is 293 g/mol. The van der Waals surface area contributed by atoms with Crippen LogP contribution in [0.15, 0.2) is 30.3 Å². The van der Waals surface area contributed by atoms with Crippen molar-refractivity contribution in [1.82, 2.24) is 4.98 Å². The molecule has 0 atom stereocenters. The second-order valence-corrected chi connectivity index (χ2v) is 3.85. The van der Waals surface area contributed by atoms with Crippen LogP contribution in [0.4, 0.5) is 0 Å². The maximum Gasteiger partial charge on any atom is 0.338 e. The molecule has 0 aliphatic carbocycles. The number of pyridine rings is 1. The van der Waals surface area contributed by atoms with E-state index in [1.165, 1.54) is 0 Å². The molecule has 1 heterocycles. The maximum absolute atomic E-state index is 10.8. The van der Waals surface area contributed by atoms with Crippen LogP contribution in [0.1, 0.15) is 10.4 Å². The highest BCUT2D eigenvalue weighted by atomic mass is 127. The van der Waals surface area contributed by atoms with E-state index in [-0.39, 0.29) is 5.56 Å². The molecular formula is C10H6INO2. The number of para-hydroxylation sites is 1. The number of carboxylic acid groups (broad SMARTS) is 1. The molecule has 70 valence electrons. The Morgan fingerprint density at radius 1 is 1.36 bits per heavy atom. The van der Waals surface area contributed by atoms with Gasteiger partial charge in [0.05, 0.1) is 11.1 Å². The lowest BCUT2D eigenvalue weighted by Gasteiger charge is -2.01. The van der Waals surface area contributed by atoms with Gasteiger partial charge in [0.1, 0.15) is 3.70 Å². The zero-order valence-corrected chi connectivity index (χ0v) is 9.22. The lowest BCUT2D eigenvalue weighted by molar-refractivity contribution is 0.0695. The quantitative estimate of drug-likeness (QED) is 0.650. The summed E-state index contributed by atoms with van der Waals surface area (Å²) in [5, 5.41) is 9.73. The minimum atomic E-state index is -0.937. The van der Waals surface area contributed by atoms with Crippen LogP contribution in [0.3, 0.4) is 0 Å². The maximum atomic E-state index is 10.8. The normalized spacial score (nSPS) is 10.4. The molecule has 0 aliphatic heterocycles. The Hall–Kier alpha value is -1.17. The third-order valence-electron chi connectivity index (χ3n) is 1.91. The van der Waals surface area contributed by atoms with E-state index in [0.717, 1.165) is 10.9 Å². The van der Waals surface area contributed by atoms with Crippen LogP contribution in [-0.2, 0) is 0 Å². The average molecular weight is 299 g/mol. The number of hydrogen-bond acceptors (Lipinski definition) is 2. The molecule has 1 N–H and O–H groups in total. The van der Waals surface area contributed by atoms with E-state index in [1.807, 2.05) is 46.9 Å². The molecule has 14 heavy (non-hydrogen) atoms. The molecule has 1 aromatic heterocycles. The fourth-order valence-electron chi connectivity index (χ4n) is 1.24. The van der Waals surface area contributed by atoms with E-state index in [0.29, 0.717) is 3.70 Å². The van der Waals surface area contributed by atoms with Crippen molar-refractivity contribution in [2.45, 2.75) is 0 Å². The number of carboxylic acids is 1. The Morgan fingerprint density at radius 2 is 2.07 bits per heavy atom. The minimum absolute atomic E-state index is 0.254. The summed E-state index contributed by atoms with van der Waals surface area (Å²) < 4.78 is 0.522. The number of aromatic carboxylic acids is 1. The summed E-state index contributed by atoms with van der Waals surface area (Å²) in [7, 11) is 0. The van der Waals surface area contributed by atoms with Crippen molar-refractivity contribution < 1.29 is 9.90 Å². The molecule has 3 nitrogen and oxygen atoms in total. The van der Waals surface area contributed by atoms with Gasteiger partial charge in [0.15, 0.2) is 0 Å². The van der Waals surface area contributed by atoms with E-state index < -0.39 is 5.97 Å². The highest BCUT2D eigenvalue weighted by Crippen LogP contribution is 2.17. The molecule has 0 radical (unpaired) electrons. The fraction of sp³-hybridized carbons (Fsp3) is 0. The van der Waals surface area contributed by atoms with Gasteiger partial charge in [-0.3, -0.25) is 0 Å². The van der Waals surface area contributed by atoms with Gasteiger partial charge in [0, 0.05) is 5.39 Å². The second-order valence-electron chi connectivity index (χ2n) is 2.82. The molecule has 0 spiro atoms. The topological polar surface area (TPSA) is 50.2 Å². The summed E-state index contributed by atoms with van der Waals surface area (Å²) in [5.41, 5.74) is 1.08. The molecule has 4 heteroatoms. The number of aromatic nitrogens is 1. The molecule has 0 fully saturated rings. The third-order valence-corrected chi connectivity index (χ3v) is 2.73. The van der Waals surface area contributed by atoms with E-state index >= 15 is 0 Å². The summed E-state index contributed by atoms with van der Waals surface area (Å²) >= 11 is 1.93. The lowest BCUT2D eigenvalue weighted by Crippen LogP contribution is -2.01. The summed E-state index contributed by atoms with van der Waals surface area (Å²) in [4.78, 5) is 15.0. The molecule has 0 saturated carbocycles. The zero-order valence-electron chi connectivity index (χ0n) is 7.07. The third kappa shape index (κ3) is 1.57. The van der Waals surface area contributed by atoms with Crippen LogP contribution >= 0.6 is 22.6 Å². The summed E-state index contributed by atoms with van der Waals surface area (Å²) in [5.74, 6) is -0.937.